The number of nitrogens with zero attached hydrogens (tertiary/aromatic N) is 4. The highest BCUT2D eigenvalue weighted by atomic mass is 32.2. The van der Waals surface area contributed by atoms with E-state index in [0.717, 1.165) is 41.4 Å². The lowest BCUT2D eigenvalue weighted by atomic mass is 10.1. The molecule has 27 heavy (non-hydrogen) atoms. The Morgan fingerprint density at radius 2 is 1.85 bits per heavy atom. The summed E-state index contributed by atoms with van der Waals surface area (Å²) in [5, 5.41) is 7.48. The Morgan fingerprint density at radius 1 is 1.11 bits per heavy atom. The van der Waals surface area contributed by atoms with E-state index in [0.29, 0.717) is 11.4 Å². The first-order valence-electron chi connectivity index (χ1n) is 8.82. The molecule has 7 nitrogen and oxygen atoms in total. The van der Waals surface area contributed by atoms with Crippen LogP contribution in [-0.2, 0) is 29.3 Å². The molecule has 0 atom stereocenters. The van der Waals surface area contributed by atoms with E-state index in [4.69, 9.17) is 0 Å². The summed E-state index contributed by atoms with van der Waals surface area (Å²) >= 11 is 0. The molecule has 1 N–H and O–H groups in total. The SMILES string of the molecule is CCc1cc(NCc2ncnn2CC)nc(-c2ccc(S(C)(=O)=O)cc2)c1. The standard InChI is InChI=1S/C19H23N5O2S/c1-4-14-10-17(15-6-8-16(9-7-15)27(3,25)26)23-18(11-14)20-12-19-21-13-22-24(19)5-2/h6-11,13H,4-5,12H2,1-3H3,(H,20,23). The number of sulfone groups is 1. The molecule has 3 aromatic rings. The molecule has 0 amide bonds. The second-order valence-corrected chi connectivity index (χ2v) is 8.26. The van der Waals surface area contributed by atoms with Crippen molar-refractivity contribution in [2.45, 2.75) is 38.3 Å². The maximum absolute atomic E-state index is 11.6. The van der Waals surface area contributed by atoms with Crippen LogP contribution in [0.15, 0.2) is 47.6 Å². The van der Waals surface area contributed by atoms with Crippen LogP contribution in [0, 0.1) is 0 Å². The normalized spacial score (nSPS) is 11.5. The van der Waals surface area contributed by atoms with Crippen molar-refractivity contribution in [1.29, 1.82) is 0 Å². The second kappa shape index (κ2) is 7.87. The van der Waals surface area contributed by atoms with Crippen molar-refractivity contribution < 1.29 is 8.42 Å². The van der Waals surface area contributed by atoms with Gasteiger partial charge in [0.15, 0.2) is 9.84 Å². The monoisotopic (exact) mass is 385 g/mol. The molecule has 3 rings (SSSR count). The molecule has 0 aliphatic rings. The highest BCUT2D eigenvalue weighted by Crippen LogP contribution is 2.23. The predicted octanol–water partition coefficient (Wildman–Crippen LogP) is 2.94. The lowest BCUT2D eigenvalue weighted by molar-refractivity contribution is 0.602. The van der Waals surface area contributed by atoms with E-state index in [1.54, 1.807) is 30.6 Å². The molecular weight excluding hydrogens is 362 g/mol. The quantitative estimate of drug-likeness (QED) is 0.672. The van der Waals surface area contributed by atoms with Crippen molar-refractivity contribution in [2.75, 3.05) is 11.6 Å². The topological polar surface area (TPSA) is 89.8 Å². The van der Waals surface area contributed by atoms with Crippen molar-refractivity contribution in [2.24, 2.45) is 0 Å². The van der Waals surface area contributed by atoms with Crippen LogP contribution in [0.3, 0.4) is 0 Å². The fourth-order valence-corrected chi connectivity index (χ4v) is 3.39. The van der Waals surface area contributed by atoms with Crippen molar-refractivity contribution in [1.82, 2.24) is 19.7 Å². The molecule has 1 aromatic carbocycles. The Hall–Kier alpha value is -2.74. The third-order valence-electron chi connectivity index (χ3n) is 4.29. The largest absolute Gasteiger partial charge is 0.363 e. The molecular formula is C19H23N5O2S. The van der Waals surface area contributed by atoms with Crippen LogP contribution in [-0.4, -0.2) is 34.4 Å². The van der Waals surface area contributed by atoms with Crippen molar-refractivity contribution in [3.63, 3.8) is 0 Å². The number of hydrogen-bond donors (Lipinski definition) is 1. The summed E-state index contributed by atoms with van der Waals surface area (Å²) in [6, 6.07) is 10.8. The smallest absolute Gasteiger partial charge is 0.175 e. The van der Waals surface area contributed by atoms with Gasteiger partial charge in [-0.2, -0.15) is 5.10 Å². The molecule has 0 saturated carbocycles. The van der Waals surface area contributed by atoms with Gasteiger partial charge in [0.1, 0.15) is 18.0 Å². The van der Waals surface area contributed by atoms with Gasteiger partial charge in [0.2, 0.25) is 0 Å². The molecule has 0 aliphatic heterocycles. The number of nitrogens with one attached hydrogen (secondary N) is 1. The number of aryl methyl sites for hydroxylation is 2. The van der Waals surface area contributed by atoms with Gasteiger partial charge < -0.3 is 5.32 Å². The van der Waals surface area contributed by atoms with E-state index in [9.17, 15) is 8.42 Å². The van der Waals surface area contributed by atoms with Gasteiger partial charge in [0, 0.05) is 18.4 Å². The Labute approximate surface area is 159 Å². The summed E-state index contributed by atoms with van der Waals surface area (Å²) in [4.78, 5) is 9.24. The maximum Gasteiger partial charge on any atom is 0.175 e. The van der Waals surface area contributed by atoms with Crippen LogP contribution in [0.4, 0.5) is 5.82 Å². The minimum absolute atomic E-state index is 0.301. The first-order valence-corrected chi connectivity index (χ1v) is 10.7. The van der Waals surface area contributed by atoms with E-state index < -0.39 is 9.84 Å². The van der Waals surface area contributed by atoms with E-state index >= 15 is 0 Å². The first-order chi connectivity index (χ1) is 12.9. The molecule has 0 radical (unpaired) electrons. The van der Waals surface area contributed by atoms with Gasteiger partial charge in [-0.3, -0.25) is 0 Å². The summed E-state index contributed by atoms with van der Waals surface area (Å²) in [5.41, 5.74) is 2.82. The lowest BCUT2D eigenvalue weighted by Crippen LogP contribution is -2.10. The predicted molar refractivity (Wildman–Crippen MR) is 105 cm³/mol. The van der Waals surface area contributed by atoms with Crippen LogP contribution in [0.1, 0.15) is 25.2 Å². The van der Waals surface area contributed by atoms with Gasteiger partial charge in [0.05, 0.1) is 17.1 Å². The Balaban J connectivity index is 1.87. The van der Waals surface area contributed by atoms with E-state index in [-0.39, 0.29) is 0 Å². The van der Waals surface area contributed by atoms with Crippen molar-refractivity contribution >= 4 is 15.7 Å². The van der Waals surface area contributed by atoms with Gasteiger partial charge in [-0.05, 0) is 43.2 Å². The van der Waals surface area contributed by atoms with E-state index in [1.807, 2.05) is 23.7 Å². The molecule has 0 unspecified atom stereocenters. The molecule has 8 heteroatoms. The number of anilines is 1. The number of benzene rings is 1. The van der Waals surface area contributed by atoms with Gasteiger partial charge in [-0.1, -0.05) is 19.1 Å². The highest BCUT2D eigenvalue weighted by Gasteiger charge is 2.10. The Kier molecular flexibility index (Phi) is 5.55. The summed E-state index contributed by atoms with van der Waals surface area (Å²) in [6.45, 7) is 5.40. The molecule has 0 spiro atoms. The van der Waals surface area contributed by atoms with Gasteiger partial charge >= 0.3 is 0 Å². The average molecular weight is 385 g/mol. The van der Waals surface area contributed by atoms with Crippen molar-refractivity contribution in [3.05, 3.63) is 54.1 Å². The molecule has 0 fully saturated rings. The summed E-state index contributed by atoms with van der Waals surface area (Å²) in [6.07, 6.45) is 3.62. The van der Waals surface area contributed by atoms with Crippen LogP contribution in [0.2, 0.25) is 0 Å². The fourth-order valence-electron chi connectivity index (χ4n) is 2.76. The zero-order chi connectivity index (χ0) is 19.4. The summed E-state index contributed by atoms with van der Waals surface area (Å²) < 4.78 is 25.1. The van der Waals surface area contributed by atoms with Gasteiger partial charge in [-0.15, -0.1) is 0 Å². The Morgan fingerprint density at radius 3 is 2.48 bits per heavy atom. The number of rotatable bonds is 7. The number of hydrogen-bond acceptors (Lipinski definition) is 6. The van der Waals surface area contributed by atoms with E-state index in [2.05, 4.69) is 27.3 Å². The van der Waals surface area contributed by atoms with Crippen LogP contribution in [0.5, 0.6) is 0 Å². The zero-order valence-corrected chi connectivity index (χ0v) is 16.5. The van der Waals surface area contributed by atoms with E-state index in [1.165, 1.54) is 6.26 Å². The minimum atomic E-state index is -3.21. The maximum atomic E-state index is 11.6. The summed E-state index contributed by atoms with van der Waals surface area (Å²) in [7, 11) is -3.21. The molecule has 2 heterocycles. The lowest BCUT2D eigenvalue weighted by Gasteiger charge is -2.11. The molecule has 142 valence electrons. The number of pyridine rings is 1. The Bertz CT molecular complexity index is 1030. The third-order valence-corrected chi connectivity index (χ3v) is 5.42. The number of aromatic nitrogens is 4. The highest BCUT2D eigenvalue weighted by molar-refractivity contribution is 7.90. The fraction of sp³-hybridized carbons (Fsp3) is 0.316. The third kappa shape index (κ3) is 4.51. The first kappa shape index (κ1) is 19.0. The molecule has 0 saturated heterocycles. The summed E-state index contributed by atoms with van der Waals surface area (Å²) in [5.74, 6) is 1.60. The average Bonchev–Trinajstić information content (AvgIpc) is 3.13. The van der Waals surface area contributed by atoms with Crippen LogP contribution < -0.4 is 5.32 Å². The van der Waals surface area contributed by atoms with Gasteiger partial charge in [-0.25, -0.2) is 23.1 Å². The van der Waals surface area contributed by atoms with Gasteiger partial charge in [0.25, 0.3) is 0 Å². The zero-order valence-electron chi connectivity index (χ0n) is 15.7. The molecule has 2 aromatic heterocycles. The molecule has 0 bridgehead atoms. The van der Waals surface area contributed by atoms with Crippen LogP contribution >= 0.6 is 0 Å². The molecule has 0 aliphatic carbocycles. The van der Waals surface area contributed by atoms with Crippen LogP contribution in [0.25, 0.3) is 11.3 Å². The second-order valence-electron chi connectivity index (χ2n) is 6.24. The minimum Gasteiger partial charge on any atom is -0.363 e. The van der Waals surface area contributed by atoms with Crippen molar-refractivity contribution in [3.8, 4) is 11.3 Å².